The van der Waals surface area contributed by atoms with Crippen molar-refractivity contribution in [3.63, 3.8) is 0 Å². The van der Waals surface area contributed by atoms with E-state index in [-0.39, 0.29) is 11.5 Å². The molecule has 3 aromatic rings. The Bertz CT molecular complexity index is 1220. The molecule has 3 aromatic carbocycles. The number of hydrogen-bond acceptors (Lipinski definition) is 3. The van der Waals surface area contributed by atoms with Gasteiger partial charge in [-0.25, -0.2) is 13.6 Å². The van der Waals surface area contributed by atoms with E-state index in [1.165, 1.54) is 30.3 Å². The molecule has 0 bridgehead atoms. The van der Waals surface area contributed by atoms with Crippen LogP contribution in [0.2, 0.25) is 0 Å². The molecule has 3 nitrogen and oxygen atoms in total. The first-order valence-electron chi connectivity index (χ1n) is 13.1. The second-order valence-corrected chi connectivity index (χ2v) is 9.90. The third-order valence-corrected chi connectivity index (χ3v) is 7.12. The first-order chi connectivity index (χ1) is 17.9. The minimum Gasteiger partial charge on any atom is -0.493 e. The van der Waals surface area contributed by atoms with Gasteiger partial charge in [0.15, 0.2) is 11.6 Å². The first kappa shape index (κ1) is 26.8. The number of carbonyl (C=O) groups excluding carboxylic acids is 1. The molecule has 1 aliphatic carbocycles. The predicted octanol–water partition coefficient (Wildman–Crippen LogP) is 8.85. The summed E-state index contributed by atoms with van der Waals surface area (Å²) in [6.07, 6.45) is 6.66. The maximum Gasteiger partial charge on any atom is 0.343 e. The van der Waals surface area contributed by atoms with Crippen LogP contribution in [0.4, 0.5) is 13.2 Å². The van der Waals surface area contributed by atoms with E-state index >= 15 is 0 Å². The van der Waals surface area contributed by atoms with E-state index in [0.717, 1.165) is 44.9 Å². The highest BCUT2D eigenvalue weighted by molar-refractivity contribution is 5.91. The lowest BCUT2D eigenvalue weighted by Gasteiger charge is -2.27. The zero-order valence-electron chi connectivity index (χ0n) is 21.4. The standard InChI is InChI=1S/C31H33F3O3/c1-3-4-5-18-36-24-14-15-25(27(32)19-24)21-10-12-23(13-11-21)31(35)37-28-17-16-26(29(33)30(28)34)22-8-6-20(2)7-9-22/h10-17,19-20,22H,3-9,18H2,1-2H3. The molecule has 0 radical (unpaired) electrons. The zero-order chi connectivity index (χ0) is 26.4. The van der Waals surface area contributed by atoms with E-state index in [4.69, 9.17) is 9.47 Å². The summed E-state index contributed by atoms with van der Waals surface area (Å²) in [5.41, 5.74) is 1.41. The quantitative estimate of drug-likeness (QED) is 0.164. The van der Waals surface area contributed by atoms with E-state index in [2.05, 4.69) is 13.8 Å². The average Bonchev–Trinajstić information content (AvgIpc) is 2.90. The Morgan fingerprint density at radius 1 is 0.892 bits per heavy atom. The average molecular weight is 511 g/mol. The maximum absolute atomic E-state index is 14.8. The predicted molar refractivity (Wildman–Crippen MR) is 139 cm³/mol. The van der Waals surface area contributed by atoms with Gasteiger partial charge in [0.25, 0.3) is 0 Å². The van der Waals surface area contributed by atoms with Crippen LogP contribution in [-0.2, 0) is 0 Å². The monoisotopic (exact) mass is 510 g/mol. The summed E-state index contributed by atoms with van der Waals surface area (Å²) in [4.78, 5) is 12.6. The van der Waals surface area contributed by atoms with Gasteiger partial charge < -0.3 is 9.47 Å². The van der Waals surface area contributed by atoms with E-state index < -0.39 is 29.2 Å². The normalized spacial score (nSPS) is 17.4. The molecule has 1 aliphatic rings. The topological polar surface area (TPSA) is 35.5 Å². The lowest BCUT2D eigenvalue weighted by atomic mass is 9.79. The van der Waals surface area contributed by atoms with Crippen LogP contribution in [0.1, 0.15) is 80.6 Å². The third kappa shape index (κ3) is 6.54. The van der Waals surface area contributed by atoms with Crippen molar-refractivity contribution >= 4 is 5.97 Å². The van der Waals surface area contributed by atoms with E-state index in [0.29, 0.717) is 35.0 Å². The van der Waals surface area contributed by atoms with Crippen LogP contribution in [0.25, 0.3) is 11.1 Å². The third-order valence-electron chi connectivity index (χ3n) is 7.12. The Labute approximate surface area is 216 Å². The van der Waals surface area contributed by atoms with Crippen LogP contribution in [0.5, 0.6) is 11.5 Å². The number of unbranched alkanes of at least 4 members (excludes halogenated alkanes) is 2. The lowest BCUT2D eigenvalue weighted by Crippen LogP contribution is -2.14. The van der Waals surface area contributed by atoms with Crippen molar-refractivity contribution in [1.82, 2.24) is 0 Å². The summed E-state index contributed by atoms with van der Waals surface area (Å²) in [6, 6.07) is 13.6. The Morgan fingerprint density at radius 3 is 2.30 bits per heavy atom. The van der Waals surface area contributed by atoms with Gasteiger partial charge in [-0.2, -0.15) is 4.39 Å². The van der Waals surface area contributed by atoms with E-state index in [1.54, 1.807) is 24.3 Å². The molecule has 1 fully saturated rings. The van der Waals surface area contributed by atoms with Crippen molar-refractivity contribution < 1.29 is 27.4 Å². The highest BCUT2D eigenvalue weighted by Crippen LogP contribution is 2.38. The summed E-state index contributed by atoms with van der Waals surface area (Å²) < 4.78 is 55.0. The lowest BCUT2D eigenvalue weighted by molar-refractivity contribution is 0.0726. The van der Waals surface area contributed by atoms with Crippen LogP contribution < -0.4 is 9.47 Å². The molecule has 196 valence electrons. The van der Waals surface area contributed by atoms with Crippen LogP contribution in [0.3, 0.4) is 0 Å². The molecule has 6 heteroatoms. The van der Waals surface area contributed by atoms with Gasteiger partial charge in [-0.15, -0.1) is 0 Å². The van der Waals surface area contributed by atoms with Gasteiger partial charge in [0.2, 0.25) is 5.82 Å². The summed E-state index contributed by atoms with van der Waals surface area (Å²) in [5, 5.41) is 0. The molecule has 0 aromatic heterocycles. The summed E-state index contributed by atoms with van der Waals surface area (Å²) in [5.74, 6) is -2.76. The van der Waals surface area contributed by atoms with E-state index in [9.17, 15) is 18.0 Å². The molecule has 0 N–H and O–H groups in total. The Balaban J connectivity index is 1.41. The number of rotatable bonds is 9. The SMILES string of the molecule is CCCCCOc1ccc(-c2ccc(C(=O)Oc3ccc(C4CCC(C)CC4)c(F)c3F)cc2)c(F)c1. The minimum atomic E-state index is -1.15. The first-order valence-corrected chi connectivity index (χ1v) is 13.1. The molecule has 0 heterocycles. The van der Waals surface area contributed by atoms with Gasteiger partial charge in [0, 0.05) is 11.6 Å². The van der Waals surface area contributed by atoms with Gasteiger partial charge in [0.1, 0.15) is 11.6 Å². The van der Waals surface area contributed by atoms with Gasteiger partial charge in [-0.3, -0.25) is 0 Å². The summed E-state index contributed by atoms with van der Waals surface area (Å²) >= 11 is 0. The van der Waals surface area contributed by atoms with Crippen molar-refractivity contribution in [2.75, 3.05) is 6.61 Å². The Hall–Kier alpha value is -3.28. The molecule has 0 spiro atoms. The van der Waals surface area contributed by atoms with Crippen molar-refractivity contribution in [3.8, 4) is 22.6 Å². The van der Waals surface area contributed by atoms with Gasteiger partial charge in [0.05, 0.1) is 12.2 Å². The largest absolute Gasteiger partial charge is 0.493 e. The maximum atomic E-state index is 14.8. The smallest absolute Gasteiger partial charge is 0.343 e. The molecule has 0 saturated heterocycles. The number of hydrogen-bond donors (Lipinski definition) is 0. The number of benzene rings is 3. The van der Waals surface area contributed by atoms with Gasteiger partial charge in [-0.1, -0.05) is 57.7 Å². The fourth-order valence-corrected chi connectivity index (χ4v) is 4.82. The molecule has 1 saturated carbocycles. The van der Waals surface area contributed by atoms with Gasteiger partial charge in [-0.05, 0) is 72.6 Å². The molecule has 0 unspecified atom stereocenters. The van der Waals surface area contributed by atoms with Gasteiger partial charge >= 0.3 is 5.97 Å². The molecule has 0 atom stereocenters. The second-order valence-electron chi connectivity index (χ2n) is 9.90. The van der Waals surface area contributed by atoms with Crippen molar-refractivity contribution in [2.45, 2.75) is 64.7 Å². The summed E-state index contributed by atoms with van der Waals surface area (Å²) in [6.45, 7) is 4.81. The molecule has 0 aliphatic heterocycles. The highest BCUT2D eigenvalue weighted by atomic mass is 19.2. The number of ether oxygens (including phenoxy) is 2. The fourth-order valence-electron chi connectivity index (χ4n) is 4.82. The number of carbonyl (C=O) groups is 1. The fraction of sp³-hybridized carbons (Fsp3) is 0.387. The highest BCUT2D eigenvalue weighted by Gasteiger charge is 2.26. The Kier molecular flexibility index (Phi) is 8.91. The van der Waals surface area contributed by atoms with Crippen LogP contribution >= 0.6 is 0 Å². The number of esters is 1. The molecular formula is C31H33F3O3. The molecule has 4 rings (SSSR count). The molecular weight excluding hydrogens is 477 g/mol. The summed E-state index contributed by atoms with van der Waals surface area (Å²) in [7, 11) is 0. The van der Waals surface area contributed by atoms with Crippen molar-refractivity contribution in [3.05, 3.63) is 83.2 Å². The Morgan fingerprint density at radius 2 is 1.62 bits per heavy atom. The zero-order valence-corrected chi connectivity index (χ0v) is 21.4. The number of halogens is 3. The van der Waals surface area contributed by atoms with Crippen LogP contribution in [0.15, 0.2) is 54.6 Å². The van der Waals surface area contributed by atoms with Crippen molar-refractivity contribution in [1.29, 1.82) is 0 Å². The van der Waals surface area contributed by atoms with E-state index in [1.807, 2.05) is 0 Å². The molecule has 0 amide bonds. The minimum absolute atomic E-state index is 0.0231. The van der Waals surface area contributed by atoms with Crippen molar-refractivity contribution in [2.24, 2.45) is 5.92 Å². The molecule has 37 heavy (non-hydrogen) atoms. The second kappa shape index (κ2) is 12.3. The van der Waals surface area contributed by atoms with Crippen LogP contribution in [-0.4, -0.2) is 12.6 Å². The van der Waals surface area contributed by atoms with Crippen LogP contribution in [0, 0.1) is 23.4 Å².